The predicted octanol–water partition coefficient (Wildman–Crippen LogP) is 4.34. The van der Waals surface area contributed by atoms with Gasteiger partial charge in [-0.15, -0.1) is 0 Å². The molecule has 0 aliphatic rings. The smallest absolute Gasteiger partial charge is 0.271 e. The van der Waals surface area contributed by atoms with Crippen molar-refractivity contribution in [3.8, 4) is 5.75 Å². The number of aryl methyl sites for hydroxylation is 1. The van der Waals surface area contributed by atoms with Gasteiger partial charge in [0.15, 0.2) is 0 Å². The van der Waals surface area contributed by atoms with E-state index >= 15 is 0 Å². The number of benzene rings is 3. The maximum absolute atomic E-state index is 12.1. The number of ether oxygens (including phenoxy) is 1. The van der Waals surface area contributed by atoms with E-state index in [1.807, 2.05) is 79.7 Å². The topological polar surface area (TPSA) is 50.7 Å². The van der Waals surface area contributed by atoms with E-state index < -0.39 is 0 Å². The van der Waals surface area contributed by atoms with E-state index in [9.17, 15) is 4.79 Å². The van der Waals surface area contributed by atoms with Crippen molar-refractivity contribution in [2.45, 2.75) is 13.5 Å². The first-order chi connectivity index (χ1) is 12.7. The third kappa shape index (κ3) is 4.80. The monoisotopic (exact) mass is 344 g/mol. The van der Waals surface area contributed by atoms with Gasteiger partial charge in [-0.25, -0.2) is 5.43 Å². The van der Waals surface area contributed by atoms with Crippen LogP contribution in [0.1, 0.15) is 27.0 Å². The van der Waals surface area contributed by atoms with Crippen molar-refractivity contribution < 1.29 is 9.53 Å². The Morgan fingerprint density at radius 1 is 0.962 bits per heavy atom. The van der Waals surface area contributed by atoms with Crippen LogP contribution in [0, 0.1) is 6.92 Å². The molecule has 3 aromatic rings. The fourth-order valence-corrected chi connectivity index (χ4v) is 2.44. The second-order valence-electron chi connectivity index (χ2n) is 5.86. The van der Waals surface area contributed by atoms with E-state index in [1.54, 1.807) is 12.3 Å². The zero-order valence-corrected chi connectivity index (χ0v) is 14.6. The minimum absolute atomic E-state index is 0.220. The molecule has 0 aliphatic carbocycles. The van der Waals surface area contributed by atoms with Crippen LogP contribution >= 0.6 is 0 Å². The number of hydrogen-bond donors (Lipinski definition) is 1. The summed E-state index contributed by atoms with van der Waals surface area (Å²) >= 11 is 0. The summed E-state index contributed by atoms with van der Waals surface area (Å²) in [7, 11) is 0. The Labute approximate surface area is 153 Å². The predicted molar refractivity (Wildman–Crippen MR) is 103 cm³/mol. The molecule has 0 saturated carbocycles. The van der Waals surface area contributed by atoms with Crippen molar-refractivity contribution in [1.82, 2.24) is 5.43 Å². The molecule has 0 saturated heterocycles. The van der Waals surface area contributed by atoms with Crippen LogP contribution in [-0.4, -0.2) is 12.1 Å². The summed E-state index contributed by atoms with van der Waals surface area (Å²) in [5, 5.41) is 4.02. The average molecular weight is 344 g/mol. The minimum atomic E-state index is -0.220. The van der Waals surface area contributed by atoms with E-state index in [-0.39, 0.29) is 5.91 Å². The lowest BCUT2D eigenvalue weighted by molar-refractivity contribution is 0.0954. The van der Waals surface area contributed by atoms with Gasteiger partial charge < -0.3 is 4.74 Å². The molecule has 130 valence electrons. The Bertz CT molecular complexity index is 888. The Morgan fingerprint density at radius 2 is 1.65 bits per heavy atom. The highest BCUT2D eigenvalue weighted by atomic mass is 16.5. The van der Waals surface area contributed by atoms with Gasteiger partial charge in [0.2, 0.25) is 0 Å². The molecule has 0 radical (unpaired) electrons. The molecule has 1 N–H and O–H groups in total. The summed E-state index contributed by atoms with van der Waals surface area (Å²) in [4.78, 5) is 12.1. The first kappa shape index (κ1) is 17.4. The second-order valence-corrected chi connectivity index (χ2v) is 5.86. The molecule has 0 heterocycles. The van der Waals surface area contributed by atoms with Gasteiger partial charge in [0, 0.05) is 5.56 Å². The van der Waals surface area contributed by atoms with Gasteiger partial charge >= 0.3 is 0 Å². The lowest BCUT2D eigenvalue weighted by Crippen LogP contribution is -2.18. The number of amides is 1. The van der Waals surface area contributed by atoms with Crippen molar-refractivity contribution in [3.63, 3.8) is 0 Å². The van der Waals surface area contributed by atoms with Gasteiger partial charge in [-0.2, -0.15) is 5.10 Å². The van der Waals surface area contributed by atoms with E-state index in [1.165, 1.54) is 0 Å². The number of nitrogens with one attached hydrogen (secondary N) is 1. The van der Waals surface area contributed by atoms with E-state index in [2.05, 4.69) is 10.5 Å². The van der Waals surface area contributed by atoms with Gasteiger partial charge in [0.05, 0.1) is 6.21 Å². The minimum Gasteiger partial charge on any atom is -0.489 e. The standard InChI is InChI=1S/C22H20N2O2/c1-17-7-5-6-10-21(17)22(25)24-23-15-18-11-13-20(14-12-18)26-16-19-8-3-2-4-9-19/h2-15H,16H2,1H3,(H,24,25)/b23-15-. The molecule has 0 bridgehead atoms. The molecule has 3 aromatic carbocycles. The summed E-state index contributed by atoms with van der Waals surface area (Å²) in [5.74, 6) is 0.567. The normalized spacial score (nSPS) is 10.7. The van der Waals surface area contributed by atoms with Gasteiger partial charge in [-0.3, -0.25) is 4.79 Å². The van der Waals surface area contributed by atoms with Crippen LogP contribution < -0.4 is 10.2 Å². The Morgan fingerprint density at radius 3 is 2.38 bits per heavy atom. The fraction of sp³-hybridized carbons (Fsp3) is 0.0909. The molecule has 0 fully saturated rings. The number of carbonyl (C=O) groups is 1. The molecule has 3 rings (SSSR count). The molecule has 26 heavy (non-hydrogen) atoms. The number of hydrogen-bond acceptors (Lipinski definition) is 3. The molecule has 0 unspecified atom stereocenters. The maximum atomic E-state index is 12.1. The molecular weight excluding hydrogens is 324 g/mol. The lowest BCUT2D eigenvalue weighted by atomic mass is 10.1. The van der Waals surface area contributed by atoms with Crippen LogP contribution in [0.3, 0.4) is 0 Å². The van der Waals surface area contributed by atoms with Crippen LogP contribution in [0.25, 0.3) is 0 Å². The molecule has 1 amide bonds. The summed E-state index contributed by atoms with van der Waals surface area (Å²) in [6.45, 7) is 2.42. The van der Waals surface area contributed by atoms with E-state index in [4.69, 9.17) is 4.74 Å². The zero-order valence-electron chi connectivity index (χ0n) is 14.6. The Hall–Kier alpha value is -3.40. The van der Waals surface area contributed by atoms with Crippen LogP contribution in [0.2, 0.25) is 0 Å². The van der Waals surface area contributed by atoms with Gasteiger partial charge in [-0.05, 0) is 53.9 Å². The van der Waals surface area contributed by atoms with Crippen LogP contribution in [0.5, 0.6) is 5.75 Å². The highest BCUT2D eigenvalue weighted by Gasteiger charge is 2.06. The maximum Gasteiger partial charge on any atom is 0.271 e. The number of rotatable bonds is 6. The number of carbonyl (C=O) groups excluding carboxylic acids is 1. The Kier molecular flexibility index (Phi) is 5.78. The van der Waals surface area contributed by atoms with Crippen molar-refractivity contribution in [2.75, 3.05) is 0 Å². The van der Waals surface area contributed by atoms with E-state index in [0.29, 0.717) is 12.2 Å². The average Bonchev–Trinajstić information content (AvgIpc) is 2.68. The third-order valence-electron chi connectivity index (χ3n) is 3.90. The fourth-order valence-electron chi connectivity index (χ4n) is 2.44. The summed E-state index contributed by atoms with van der Waals surface area (Å²) in [6.07, 6.45) is 1.61. The molecule has 0 aliphatic heterocycles. The van der Waals surface area contributed by atoms with Crippen molar-refractivity contribution >= 4 is 12.1 Å². The Balaban J connectivity index is 1.53. The van der Waals surface area contributed by atoms with Crippen LogP contribution in [0.15, 0.2) is 84.0 Å². The molecule has 4 heteroatoms. The first-order valence-electron chi connectivity index (χ1n) is 8.38. The lowest BCUT2D eigenvalue weighted by Gasteiger charge is -2.06. The molecule has 0 aromatic heterocycles. The highest BCUT2D eigenvalue weighted by Crippen LogP contribution is 2.13. The summed E-state index contributed by atoms with van der Waals surface area (Å²) in [5.41, 5.74) is 6.08. The van der Waals surface area contributed by atoms with Crippen molar-refractivity contribution in [1.29, 1.82) is 0 Å². The van der Waals surface area contributed by atoms with Crippen molar-refractivity contribution in [2.24, 2.45) is 5.10 Å². The zero-order chi connectivity index (χ0) is 18.2. The molecule has 0 atom stereocenters. The van der Waals surface area contributed by atoms with Gasteiger partial charge in [-0.1, -0.05) is 48.5 Å². The number of hydrazone groups is 1. The SMILES string of the molecule is Cc1ccccc1C(=O)N/N=C\c1ccc(OCc2ccccc2)cc1. The van der Waals surface area contributed by atoms with Crippen LogP contribution in [-0.2, 0) is 6.61 Å². The van der Waals surface area contributed by atoms with E-state index in [0.717, 1.165) is 22.4 Å². The van der Waals surface area contributed by atoms with Gasteiger partial charge in [0.1, 0.15) is 12.4 Å². The number of nitrogens with zero attached hydrogens (tertiary/aromatic N) is 1. The molecule has 0 spiro atoms. The summed E-state index contributed by atoms with van der Waals surface area (Å²) in [6, 6.07) is 25.0. The van der Waals surface area contributed by atoms with Crippen molar-refractivity contribution in [3.05, 3.63) is 101 Å². The highest BCUT2D eigenvalue weighted by molar-refractivity contribution is 5.96. The second kappa shape index (κ2) is 8.62. The first-order valence-corrected chi connectivity index (χ1v) is 8.38. The van der Waals surface area contributed by atoms with Crippen LogP contribution in [0.4, 0.5) is 0 Å². The molecule has 4 nitrogen and oxygen atoms in total. The van der Waals surface area contributed by atoms with Gasteiger partial charge in [0.25, 0.3) is 5.91 Å². The summed E-state index contributed by atoms with van der Waals surface area (Å²) < 4.78 is 5.75. The molecular formula is C22H20N2O2. The quantitative estimate of drug-likeness (QED) is 0.534. The third-order valence-corrected chi connectivity index (χ3v) is 3.90. The largest absolute Gasteiger partial charge is 0.489 e.